The Balaban J connectivity index is 1.70. The van der Waals surface area contributed by atoms with Crippen molar-refractivity contribution in [1.82, 2.24) is 19.4 Å². The fourth-order valence-corrected chi connectivity index (χ4v) is 3.09. The number of nitrogens with zero attached hydrogens (tertiary/aromatic N) is 4. The summed E-state index contributed by atoms with van der Waals surface area (Å²) in [6.07, 6.45) is 2.93. The summed E-state index contributed by atoms with van der Waals surface area (Å²) < 4.78 is 2.13. The van der Waals surface area contributed by atoms with E-state index in [0.29, 0.717) is 5.69 Å². The number of carbonyl (C=O) groups excluding carboxylic acids is 1. The predicted octanol–water partition coefficient (Wildman–Crippen LogP) is 2.20. The standard InChI is InChI=1S/C18H24N4O/c1-14-17-19-16(18(23)20(2)3)13-22(17)12-11-21(14)10-9-15-7-5-4-6-8-15/h4-8,13-14H,9-12H2,1-3H3/t14-/m1/s1. The van der Waals surface area contributed by atoms with Crippen LogP contribution in [0.25, 0.3) is 0 Å². The maximum absolute atomic E-state index is 12.1. The van der Waals surface area contributed by atoms with Gasteiger partial charge in [0.05, 0.1) is 6.04 Å². The Morgan fingerprint density at radius 1 is 1.26 bits per heavy atom. The van der Waals surface area contributed by atoms with Gasteiger partial charge in [0.15, 0.2) is 0 Å². The van der Waals surface area contributed by atoms with Crippen molar-refractivity contribution in [3.63, 3.8) is 0 Å². The molecule has 1 aromatic carbocycles. The number of carbonyl (C=O) groups is 1. The first-order chi connectivity index (χ1) is 11.1. The predicted molar refractivity (Wildman–Crippen MR) is 90.4 cm³/mol. The molecular formula is C18H24N4O. The Hall–Kier alpha value is -2.14. The summed E-state index contributed by atoms with van der Waals surface area (Å²) in [6, 6.07) is 10.8. The van der Waals surface area contributed by atoms with Crippen molar-refractivity contribution in [2.45, 2.75) is 25.9 Å². The van der Waals surface area contributed by atoms with Gasteiger partial charge >= 0.3 is 0 Å². The number of imidazole rings is 1. The number of aromatic nitrogens is 2. The van der Waals surface area contributed by atoms with Gasteiger partial charge in [-0.15, -0.1) is 0 Å². The van der Waals surface area contributed by atoms with Gasteiger partial charge in [0.25, 0.3) is 5.91 Å². The normalized spacial score (nSPS) is 17.8. The number of hydrogen-bond acceptors (Lipinski definition) is 3. The highest BCUT2D eigenvalue weighted by molar-refractivity contribution is 5.91. The summed E-state index contributed by atoms with van der Waals surface area (Å²) in [4.78, 5) is 20.7. The summed E-state index contributed by atoms with van der Waals surface area (Å²) in [5, 5.41) is 0. The van der Waals surface area contributed by atoms with Gasteiger partial charge in [0.1, 0.15) is 11.5 Å². The minimum Gasteiger partial charge on any atom is -0.343 e. The van der Waals surface area contributed by atoms with E-state index in [1.165, 1.54) is 5.56 Å². The highest BCUT2D eigenvalue weighted by Gasteiger charge is 2.27. The second-order valence-electron chi connectivity index (χ2n) is 6.32. The molecule has 0 fully saturated rings. The van der Waals surface area contributed by atoms with Crippen LogP contribution in [0.15, 0.2) is 36.5 Å². The molecule has 0 saturated heterocycles. The molecule has 0 saturated carbocycles. The van der Waals surface area contributed by atoms with E-state index in [2.05, 4.69) is 45.6 Å². The molecule has 0 aliphatic carbocycles. The third-order valence-electron chi connectivity index (χ3n) is 4.51. The van der Waals surface area contributed by atoms with Crippen molar-refractivity contribution < 1.29 is 4.79 Å². The molecule has 2 aromatic rings. The molecule has 1 aromatic heterocycles. The van der Waals surface area contributed by atoms with Crippen LogP contribution >= 0.6 is 0 Å². The van der Waals surface area contributed by atoms with Gasteiger partial charge in [0.2, 0.25) is 0 Å². The lowest BCUT2D eigenvalue weighted by Crippen LogP contribution is -2.38. The van der Waals surface area contributed by atoms with Crippen molar-refractivity contribution in [2.75, 3.05) is 27.2 Å². The summed E-state index contributed by atoms with van der Waals surface area (Å²) in [5.74, 6) is 0.962. The highest BCUT2D eigenvalue weighted by atomic mass is 16.2. The molecule has 5 heteroatoms. The van der Waals surface area contributed by atoms with Gasteiger partial charge in [-0.25, -0.2) is 4.98 Å². The molecule has 0 spiro atoms. The van der Waals surface area contributed by atoms with Crippen LogP contribution in [0, 0.1) is 0 Å². The lowest BCUT2D eigenvalue weighted by Gasteiger charge is -2.33. The van der Waals surface area contributed by atoms with Gasteiger partial charge in [-0.2, -0.15) is 0 Å². The minimum atomic E-state index is -0.0325. The summed E-state index contributed by atoms with van der Waals surface area (Å²) >= 11 is 0. The number of hydrogen-bond donors (Lipinski definition) is 0. The Morgan fingerprint density at radius 2 is 2.00 bits per heavy atom. The summed E-state index contributed by atoms with van der Waals surface area (Å²) in [7, 11) is 3.52. The van der Waals surface area contributed by atoms with Crippen LogP contribution in [0.1, 0.15) is 34.8 Å². The number of rotatable bonds is 4. The van der Waals surface area contributed by atoms with E-state index in [9.17, 15) is 4.79 Å². The number of fused-ring (bicyclic) bond motifs is 1. The molecular weight excluding hydrogens is 288 g/mol. The summed E-state index contributed by atoms with van der Waals surface area (Å²) in [5.41, 5.74) is 1.90. The lowest BCUT2D eigenvalue weighted by atomic mass is 10.1. The van der Waals surface area contributed by atoms with Crippen LogP contribution in [0.2, 0.25) is 0 Å². The molecule has 5 nitrogen and oxygen atoms in total. The molecule has 3 rings (SSSR count). The largest absolute Gasteiger partial charge is 0.343 e. The minimum absolute atomic E-state index is 0.0325. The van der Waals surface area contributed by atoms with Crippen LogP contribution < -0.4 is 0 Å². The number of amides is 1. The Morgan fingerprint density at radius 3 is 2.70 bits per heavy atom. The number of benzene rings is 1. The molecule has 0 N–H and O–H groups in total. The first-order valence-electron chi connectivity index (χ1n) is 8.13. The zero-order valence-corrected chi connectivity index (χ0v) is 14.1. The van der Waals surface area contributed by atoms with Gasteiger partial charge in [-0.1, -0.05) is 30.3 Å². The third kappa shape index (κ3) is 3.29. The molecule has 0 unspecified atom stereocenters. The van der Waals surface area contributed by atoms with E-state index >= 15 is 0 Å². The van der Waals surface area contributed by atoms with Crippen LogP contribution in [-0.2, 0) is 13.0 Å². The highest BCUT2D eigenvalue weighted by Crippen LogP contribution is 2.25. The Kier molecular flexibility index (Phi) is 4.48. The van der Waals surface area contributed by atoms with E-state index < -0.39 is 0 Å². The summed E-state index contributed by atoms with van der Waals surface area (Å²) in [6.45, 7) is 5.07. The van der Waals surface area contributed by atoms with E-state index in [4.69, 9.17) is 0 Å². The quantitative estimate of drug-likeness (QED) is 0.869. The van der Waals surface area contributed by atoms with Crippen molar-refractivity contribution in [3.05, 3.63) is 53.6 Å². The average Bonchev–Trinajstić information content (AvgIpc) is 2.99. The lowest BCUT2D eigenvalue weighted by molar-refractivity contribution is 0.0822. The molecule has 1 aliphatic heterocycles. The smallest absolute Gasteiger partial charge is 0.273 e. The Labute approximate surface area is 137 Å². The van der Waals surface area contributed by atoms with E-state index in [-0.39, 0.29) is 11.9 Å². The van der Waals surface area contributed by atoms with Crippen molar-refractivity contribution in [3.8, 4) is 0 Å². The zero-order valence-electron chi connectivity index (χ0n) is 14.1. The first-order valence-corrected chi connectivity index (χ1v) is 8.13. The van der Waals surface area contributed by atoms with Crippen LogP contribution in [-0.4, -0.2) is 52.4 Å². The van der Waals surface area contributed by atoms with Crippen LogP contribution in [0.3, 0.4) is 0 Å². The second-order valence-corrected chi connectivity index (χ2v) is 6.32. The molecule has 1 atom stereocenters. The fourth-order valence-electron chi connectivity index (χ4n) is 3.09. The molecule has 122 valence electrons. The first kappa shape index (κ1) is 15.7. The maximum Gasteiger partial charge on any atom is 0.273 e. The molecule has 0 bridgehead atoms. The van der Waals surface area contributed by atoms with E-state index in [1.807, 2.05) is 12.3 Å². The zero-order chi connectivity index (χ0) is 16.4. The fraction of sp³-hybridized carbons (Fsp3) is 0.444. The molecule has 0 radical (unpaired) electrons. The SMILES string of the molecule is C[C@@H]1c2nc(C(=O)N(C)C)cn2CCN1CCc1ccccc1. The van der Waals surface area contributed by atoms with E-state index in [0.717, 1.165) is 31.9 Å². The van der Waals surface area contributed by atoms with Gasteiger partial charge < -0.3 is 9.47 Å². The van der Waals surface area contributed by atoms with Crippen LogP contribution in [0.5, 0.6) is 0 Å². The van der Waals surface area contributed by atoms with Crippen molar-refractivity contribution in [2.24, 2.45) is 0 Å². The maximum atomic E-state index is 12.1. The molecule has 1 amide bonds. The monoisotopic (exact) mass is 312 g/mol. The molecule has 23 heavy (non-hydrogen) atoms. The van der Waals surface area contributed by atoms with Gasteiger partial charge in [-0.3, -0.25) is 9.69 Å². The van der Waals surface area contributed by atoms with Crippen molar-refractivity contribution in [1.29, 1.82) is 0 Å². The average molecular weight is 312 g/mol. The van der Waals surface area contributed by atoms with Gasteiger partial charge in [0, 0.05) is 39.9 Å². The van der Waals surface area contributed by atoms with Crippen molar-refractivity contribution >= 4 is 5.91 Å². The van der Waals surface area contributed by atoms with Crippen LogP contribution in [0.4, 0.5) is 0 Å². The van der Waals surface area contributed by atoms with E-state index in [1.54, 1.807) is 19.0 Å². The Bertz CT molecular complexity index is 678. The second kappa shape index (κ2) is 6.54. The molecule has 1 aliphatic rings. The topological polar surface area (TPSA) is 41.4 Å². The molecule has 2 heterocycles. The third-order valence-corrected chi connectivity index (χ3v) is 4.51. The van der Waals surface area contributed by atoms with Gasteiger partial charge in [-0.05, 0) is 18.9 Å².